The third-order valence-corrected chi connectivity index (χ3v) is 2.03. The number of benzene rings is 1. The van der Waals surface area contributed by atoms with Gasteiger partial charge in [-0.3, -0.25) is 0 Å². The van der Waals surface area contributed by atoms with Gasteiger partial charge in [0, 0.05) is 50.5 Å². The van der Waals surface area contributed by atoms with Gasteiger partial charge in [0.1, 0.15) is 0 Å². The van der Waals surface area contributed by atoms with Crippen LogP contribution in [0, 0.1) is 43.4 Å². The van der Waals surface area contributed by atoms with Gasteiger partial charge < -0.3 is 4.74 Å². The van der Waals surface area contributed by atoms with Crippen molar-refractivity contribution in [3.63, 3.8) is 0 Å². The summed E-state index contributed by atoms with van der Waals surface area (Å²) < 4.78 is 6.05. The van der Waals surface area contributed by atoms with Gasteiger partial charge >= 0.3 is 0 Å². The Balaban J connectivity index is 0.000000215. The first-order chi connectivity index (χ1) is 5.89. The SMILES string of the molecule is Brc1cc[c-]cc1.C1CCOC1.[Er]. The van der Waals surface area contributed by atoms with Crippen LogP contribution in [0.3, 0.4) is 0 Å². The van der Waals surface area contributed by atoms with E-state index in [4.69, 9.17) is 4.74 Å². The molecule has 0 atom stereocenters. The average molecular weight is 395 g/mol. The summed E-state index contributed by atoms with van der Waals surface area (Å²) in [5, 5.41) is 0. The van der Waals surface area contributed by atoms with Crippen LogP contribution in [0.25, 0.3) is 0 Å². The van der Waals surface area contributed by atoms with Gasteiger partial charge in [0.25, 0.3) is 0 Å². The van der Waals surface area contributed by atoms with E-state index >= 15 is 0 Å². The number of ether oxygens (including phenoxy) is 1. The zero-order valence-corrected chi connectivity index (χ0v) is 10.7. The van der Waals surface area contributed by atoms with Crippen molar-refractivity contribution in [2.75, 3.05) is 13.2 Å². The van der Waals surface area contributed by atoms with E-state index < -0.39 is 0 Å². The first-order valence-electron chi connectivity index (χ1n) is 4.09. The van der Waals surface area contributed by atoms with Gasteiger partial charge in [-0.05, 0) is 12.8 Å². The monoisotopic (exact) mass is 393 g/mol. The summed E-state index contributed by atoms with van der Waals surface area (Å²) in [6, 6.07) is 10.5. The summed E-state index contributed by atoms with van der Waals surface area (Å²) in [6.45, 7) is 2.00. The van der Waals surface area contributed by atoms with E-state index in [0.717, 1.165) is 17.7 Å². The molecule has 0 radical (unpaired) electrons. The molecular formula is C10H12BrErO-. The normalized spacial score (nSPS) is 13.9. The topological polar surface area (TPSA) is 9.23 Å². The smallest absolute Gasteiger partial charge is 0.0466 e. The first-order valence-corrected chi connectivity index (χ1v) is 4.88. The fourth-order valence-corrected chi connectivity index (χ4v) is 1.14. The summed E-state index contributed by atoms with van der Waals surface area (Å²) >= 11 is 3.29. The summed E-state index contributed by atoms with van der Waals surface area (Å²) in [4.78, 5) is 0. The number of halogens is 1. The third-order valence-electron chi connectivity index (χ3n) is 1.50. The van der Waals surface area contributed by atoms with Crippen molar-refractivity contribution in [3.05, 3.63) is 34.8 Å². The van der Waals surface area contributed by atoms with E-state index in [1.54, 1.807) is 0 Å². The molecule has 0 spiro atoms. The Morgan fingerprint density at radius 2 is 1.69 bits per heavy atom. The second kappa shape index (κ2) is 9.46. The quantitative estimate of drug-likeness (QED) is 0.614. The van der Waals surface area contributed by atoms with Gasteiger partial charge in [-0.15, -0.1) is 0 Å². The summed E-state index contributed by atoms with van der Waals surface area (Å²) in [5.74, 6) is 0. The van der Waals surface area contributed by atoms with E-state index in [2.05, 4.69) is 22.0 Å². The van der Waals surface area contributed by atoms with Crippen molar-refractivity contribution < 1.29 is 42.0 Å². The minimum Gasteiger partial charge on any atom is -0.381 e. The number of hydrogen-bond donors (Lipinski definition) is 0. The molecule has 1 aliphatic heterocycles. The minimum atomic E-state index is 0. The van der Waals surface area contributed by atoms with E-state index in [0.29, 0.717) is 0 Å². The Morgan fingerprint density at radius 3 is 1.92 bits per heavy atom. The fourth-order valence-electron chi connectivity index (χ4n) is 0.877. The average Bonchev–Trinajstić information content (AvgIpc) is 2.62. The van der Waals surface area contributed by atoms with Crippen molar-refractivity contribution in [3.8, 4) is 0 Å². The molecule has 1 saturated heterocycles. The second-order valence-corrected chi connectivity index (χ2v) is 3.45. The van der Waals surface area contributed by atoms with Crippen molar-refractivity contribution in [2.45, 2.75) is 12.8 Å². The van der Waals surface area contributed by atoms with Gasteiger partial charge in [0.2, 0.25) is 0 Å². The molecule has 1 aromatic rings. The summed E-state index contributed by atoms with van der Waals surface area (Å²) in [6.07, 6.45) is 2.56. The summed E-state index contributed by atoms with van der Waals surface area (Å²) in [5.41, 5.74) is 0. The standard InChI is InChI=1S/C6H4Br.C4H8O.Er/c7-6-4-2-1-3-5-6;1-2-4-5-3-1;/h2-5H;1-4H2;/q-1;;. The van der Waals surface area contributed by atoms with Crippen molar-refractivity contribution >= 4 is 15.9 Å². The number of rotatable bonds is 0. The first kappa shape index (κ1) is 13.9. The molecule has 78 valence electrons. The Hall–Kier alpha value is 0.907. The van der Waals surface area contributed by atoms with E-state index in [1.165, 1.54) is 12.8 Å². The van der Waals surface area contributed by atoms with Crippen LogP contribution < -0.4 is 0 Å². The van der Waals surface area contributed by atoms with Gasteiger partial charge in [0.05, 0.1) is 0 Å². The van der Waals surface area contributed by atoms with Crippen LogP contribution in [0.15, 0.2) is 28.7 Å². The zero-order valence-electron chi connectivity index (χ0n) is 7.21. The van der Waals surface area contributed by atoms with Crippen LogP contribution in [-0.2, 0) is 4.74 Å². The van der Waals surface area contributed by atoms with Crippen LogP contribution in [0.1, 0.15) is 12.8 Å². The predicted molar refractivity (Wildman–Crippen MR) is 53.0 cm³/mol. The largest absolute Gasteiger partial charge is 0.381 e. The van der Waals surface area contributed by atoms with Gasteiger partial charge in [-0.1, -0.05) is 20.4 Å². The van der Waals surface area contributed by atoms with Crippen molar-refractivity contribution in [1.29, 1.82) is 0 Å². The Labute approximate surface area is 118 Å². The second-order valence-electron chi connectivity index (χ2n) is 2.54. The number of hydrogen-bond acceptors (Lipinski definition) is 1. The van der Waals surface area contributed by atoms with E-state index in [9.17, 15) is 0 Å². The molecule has 0 aliphatic carbocycles. The molecule has 13 heavy (non-hydrogen) atoms. The molecule has 0 amide bonds. The molecule has 0 bridgehead atoms. The maximum Gasteiger partial charge on any atom is 0.0466 e. The van der Waals surface area contributed by atoms with Gasteiger partial charge in [0.15, 0.2) is 0 Å². The molecule has 1 aliphatic rings. The van der Waals surface area contributed by atoms with Crippen molar-refractivity contribution in [2.24, 2.45) is 0 Å². The Bertz CT molecular complexity index is 192. The molecule has 0 unspecified atom stereocenters. The zero-order chi connectivity index (χ0) is 8.65. The molecule has 1 heterocycles. The molecule has 3 heteroatoms. The molecule has 1 nitrogen and oxygen atoms in total. The van der Waals surface area contributed by atoms with Crippen LogP contribution in [0.2, 0.25) is 0 Å². The molecule has 0 aromatic heterocycles. The molecule has 1 aromatic carbocycles. The maximum absolute atomic E-state index is 4.94. The van der Waals surface area contributed by atoms with E-state index in [-0.39, 0.29) is 37.3 Å². The van der Waals surface area contributed by atoms with Gasteiger partial charge in [-0.2, -0.15) is 30.3 Å². The molecule has 0 saturated carbocycles. The van der Waals surface area contributed by atoms with Crippen LogP contribution >= 0.6 is 15.9 Å². The van der Waals surface area contributed by atoms with Crippen LogP contribution in [-0.4, -0.2) is 13.2 Å². The molecule has 2 rings (SSSR count). The Morgan fingerprint density at radius 1 is 1.15 bits per heavy atom. The maximum atomic E-state index is 4.94. The molecular weight excluding hydrogens is 383 g/mol. The third kappa shape index (κ3) is 7.94. The van der Waals surface area contributed by atoms with E-state index in [1.807, 2.05) is 24.3 Å². The fraction of sp³-hybridized carbons (Fsp3) is 0.400. The van der Waals surface area contributed by atoms with Gasteiger partial charge in [-0.25, -0.2) is 0 Å². The minimum absolute atomic E-state index is 0. The van der Waals surface area contributed by atoms with Crippen LogP contribution in [0.5, 0.6) is 0 Å². The van der Waals surface area contributed by atoms with Crippen molar-refractivity contribution in [1.82, 2.24) is 0 Å². The Kier molecular flexibility index (Phi) is 10.1. The molecule has 1 fully saturated rings. The predicted octanol–water partition coefficient (Wildman–Crippen LogP) is 3.05. The molecule has 0 N–H and O–H groups in total. The summed E-state index contributed by atoms with van der Waals surface area (Å²) in [7, 11) is 0. The van der Waals surface area contributed by atoms with Crippen LogP contribution in [0.4, 0.5) is 0 Å².